The summed E-state index contributed by atoms with van der Waals surface area (Å²) in [4.78, 5) is 12.3. The Bertz CT molecular complexity index is 1520. The van der Waals surface area contributed by atoms with E-state index < -0.39 is 0 Å². The third kappa shape index (κ3) is 3.06. The lowest BCUT2D eigenvalue weighted by Crippen LogP contribution is -2.06. The fraction of sp³-hybridized carbons (Fsp3) is 0.0370. The molecule has 3 aromatic carbocycles. The summed E-state index contributed by atoms with van der Waals surface area (Å²) in [6.07, 6.45) is 7.37. The molecular weight excluding hydrogens is 399 g/mol. The van der Waals surface area contributed by atoms with Crippen molar-refractivity contribution in [2.45, 2.75) is 5.92 Å². The molecule has 3 aromatic heterocycles. The summed E-state index contributed by atoms with van der Waals surface area (Å²) in [6.45, 7) is 0. The number of aromatic nitrogens is 4. The maximum atomic E-state index is 13.6. The summed E-state index contributed by atoms with van der Waals surface area (Å²) in [6, 6.07) is 25.6. The SMILES string of the molecule is Fc1ccc(C(c2ccc3c(c2)c(-c2ccccc2)cc2nccn23)c2ncc[nH]2)cc1. The highest BCUT2D eigenvalue weighted by molar-refractivity contribution is 5.97. The van der Waals surface area contributed by atoms with E-state index in [9.17, 15) is 4.39 Å². The van der Waals surface area contributed by atoms with Crippen LogP contribution in [0.3, 0.4) is 0 Å². The molecule has 3 heterocycles. The third-order valence-corrected chi connectivity index (χ3v) is 5.93. The van der Waals surface area contributed by atoms with E-state index in [0.717, 1.165) is 44.6 Å². The Morgan fingerprint density at radius 2 is 1.62 bits per heavy atom. The van der Waals surface area contributed by atoms with Gasteiger partial charge < -0.3 is 4.98 Å². The van der Waals surface area contributed by atoms with Gasteiger partial charge in [0.25, 0.3) is 0 Å². The number of benzene rings is 3. The van der Waals surface area contributed by atoms with Crippen LogP contribution in [0.1, 0.15) is 22.9 Å². The van der Waals surface area contributed by atoms with Crippen molar-refractivity contribution < 1.29 is 4.39 Å². The van der Waals surface area contributed by atoms with Gasteiger partial charge in [-0.15, -0.1) is 0 Å². The average molecular weight is 418 g/mol. The van der Waals surface area contributed by atoms with Crippen LogP contribution in [0.25, 0.3) is 27.7 Å². The molecule has 4 nitrogen and oxygen atoms in total. The first kappa shape index (κ1) is 18.5. The molecule has 0 radical (unpaired) electrons. The number of pyridine rings is 1. The van der Waals surface area contributed by atoms with E-state index in [2.05, 4.69) is 55.8 Å². The molecular formula is C27H19FN4. The van der Waals surface area contributed by atoms with Crippen LogP contribution in [-0.2, 0) is 0 Å². The van der Waals surface area contributed by atoms with Gasteiger partial charge in [0, 0.05) is 30.2 Å². The number of halogens is 1. The molecule has 0 fully saturated rings. The summed E-state index contributed by atoms with van der Waals surface area (Å²) in [5, 5.41) is 1.12. The van der Waals surface area contributed by atoms with Crippen molar-refractivity contribution in [1.82, 2.24) is 19.4 Å². The zero-order valence-electron chi connectivity index (χ0n) is 17.1. The van der Waals surface area contributed by atoms with E-state index in [-0.39, 0.29) is 11.7 Å². The Kier molecular flexibility index (Phi) is 4.32. The van der Waals surface area contributed by atoms with E-state index in [1.165, 1.54) is 12.1 Å². The highest BCUT2D eigenvalue weighted by Gasteiger charge is 2.21. The Balaban J connectivity index is 1.62. The number of hydrogen-bond acceptors (Lipinski definition) is 2. The molecule has 0 saturated heterocycles. The minimum Gasteiger partial charge on any atom is -0.348 e. The molecule has 0 spiro atoms. The van der Waals surface area contributed by atoms with Crippen molar-refractivity contribution in [2.24, 2.45) is 0 Å². The topological polar surface area (TPSA) is 46.0 Å². The standard InChI is InChI=1S/C27H19FN4/c28-21-9-6-19(7-10-21)26(27-30-12-13-31-27)20-8-11-24-23(16-20)22(18-4-2-1-3-5-18)17-25-29-14-15-32(24)25/h1-17,26H,(H,30,31). The summed E-state index contributed by atoms with van der Waals surface area (Å²) >= 11 is 0. The maximum Gasteiger partial charge on any atom is 0.137 e. The maximum absolute atomic E-state index is 13.6. The summed E-state index contributed by atoms with van der Waals surface area (Å²) in [5.41, 5.74) is 6.31. The number of nitrogens with one attached hydrogen (secondary N) is 1. The van der Waals surface area contributed by atoms with Gasteiger partial charge in [-0.3, -0.25) is 4.40 Å². The molecule has 0 aliphatic rings. The minimum absolute atomic E-state index is 0.142. The van der Waals surface area contributed by atoms with Crippen molar-refractivity contribution in [1.29, 1.82) is 0 Å². The summed E-state index contributed by atoms with van der Waals surface area (Å²) in [7, 11) is 0. The summed E-state index contributed by atoms with van der Waals surface area (Å²) in [5.74, 6) is 0.428. The zero-order chi connectivity index (χ0) is 21.5. The van der Waals surface area contributed by atoms with Crippen molar-refractivity contribution in [3.05, 3.63) is 126 Å². The van der Waals surface area contributed by atoms with Crippen LogP contribution in [-0.4, -0.2) is 19.4 Å². The van der Waals surface area contributed by atoms with Crippen LogP contribution in [0.5, 0.6) is 0 Å². The quantitative estimate of drug-likeness (QED) is 0.371. The lowest BCUT2D eigenvalue weighted by molar-refractivity contribution is 0.626. The molecule has 6 rings (SSSR count). The molecule has 0 bridgehead atoms. The predicted molar refractivity (Wildman–Crippen MR) is 124 cm³/mol. The van der Waals surface area contributed by atoms with E-state index in [1.807, 2.05) is 48.9 Å². The number of aromatic amines is 1. The van der Waals surface area contributed by atoms with Gasteiger partial charge in [0.15, 0.2) is 0 Å². The van der Waals surface area contributed by atoms with Crippen molar-refractivity contribution in [2.75, 3.05) is 0 Å². The van der Waals surface area contributed by atoms with Crippen LogP contribution in [0, 0.1) is 5.82 Å². The molecule has 6 aromatic rings. The van der Waals surface area contributed by atoms with Crippen molar-refractivity contribution in [3.63, 3.8) is 0 Å². The Morgan fingerprint density at radius 1 is 0.812 bits per heavy atom. The number of rotatable bonds is 4. The van der Waals surface area contributed by atoms with Gasteiger partial charge in [0.2, 0.25) is 0 Å². The molecule has 1 N–H and O–H groups in total. The monoisotopic (exact) mass is 418 g/mol. The van der Waals surface area contributed by atoms with Crippen LogP contribution < -0.4 is 0 Å². The first-order chi connectivity index (χ1) is 15.8. The van der Waals surface area contributed by atoms with Crippen LogP contribution >= 0.6 is 0 Å². The van der Waals surface area contributed by atoms with Gasteiger partial charge in [-0.2, -0.15) is 0 Å². The second kappa shape index (κ2) is 7.46. The van der Waals surface area contributed by atoms with Crippen LogP contribution in [0.4, 0.5) is 4.39 Å². The number of imidazole rings is 2. The molecule has 5 heteroatoms. The fourth-order valence-electron chi connectivity index (χ4n) is 4.45. The van der Waals surface area contributed by atoms with E-state index in [0.29, 0.717) is 0 Å². The van der Waals surface area contributed by atoms with Crippen molar-refractivity contribution >= 4 is 16.6 Å². The first-order valence-corrected chi connectivity index (χ1v) is 10.5. The van der Waals surface area contributed by atoms with Gasteiger partial charge in [-0.25, -0.2) is 14.4 Å². The van der Waals surface area contributed by atoms with E-state index in [1.54, 1.807) is 6.20 Å². The number of hydrogen-bond donors (Lipinski definition) is 1. The lowest BCUT2D eigenvalue weighted by atomic mass is 9.88. The lowest BCUT2D eigenvalue weighted by Gasteiger charge is -2.18. The Hall–Kier alpha value is -4.25. The second-order valence-corrected chi connectivity index (χ2v) is 7.82. The average Bonchev–Trinajstić information content (AvgIpc) is 3.53. The predicted octanol–water partition coefficient (Wildman–Crippen LogP) is 6.20. The normalized spacial score (nSPS) is 12.4. The summed E-state index contributed by atoms with van der Waals surface area (Å²) < 4.78 is 15.7. The highest BCUT2D eigenvalue weighted by atomic mass is 19.1. The molecule has 0 aliphatic heterocycles. The van der Waals surface area contributed by atoms with Gasteiger partial charge >= 0.3 is 0 Å². The molecule has 1 unspecified atom stereocenters. The van der Waals surface area contributed by atoms with Gasteiger partial charge in [-0.05, 0) is 52.6 Å². The highest BCUT2D eigenvalue weighted by Crippen LogP contribution is 2.36. The number of nitrogens with zero attached hydrogens (tertiary/aromatic N) is 3. The minimum atomic E-state index is -0.251. The largest absolute Gasteiger partial charge is 0.348 e. The Morgan fingerprint density at radius 3 is 2.41 bits per heavy atom. The molecule has 154 valence electrons. The zero-order valence-corrected chi connectivity index (χ0v) is 17.1. The molecule has 0 saturated carbocycles. The fourth-order valence-corrected chi connectivity index (χ4v) is 4.45. The first-order valence-electron chi connectivity index (χ1n) is 10.5. The number of fused-ring (bicyclic) bond motifs is 3. The third-order valence-electron chi connectivity index (χ3n) is 5.93. The van der Waals surface area contributed by atoms with Gasteiger partial charge in [0.1, 0.15) is 17.3 Å². The van der Waals surface area contributed by atoms with E-state index in [4.69, 9.17) is 0 Å². The van der Waals surface area contributed by atoms with Crippen LogP contribution in [0.2, 0.25) is 0 Å². The molecule has 0 aliphatic carbocycles. The second-order valence-electron chi connectivity index (χ2n) is 7.82. The Labute approximate surface area is 184 Å². The van der Waals surface area contributed by atoms with E-state index >= 15 is 0 Å². The smallest absolute Gasteiger partial charge is 0.137 e. The molecule has 1 atom stereocenters. The van der Waals surface area contributed by atoms with Crippen molar-refractivity contribution in [3.8, 4) is 11.1 Å². The molecule has 32 heavy (non-hydrogen) atoms. The van der Waals surface area contributed by atoms with Gasteiger partial charge in [-0.1, -0.05) is 48.5 Å². The molecule has 0 amide bonds. The van der Waals surface area contributed by atoms with Crippen LogP contribution in [0.15, 0.2) is 104 Å². The number of H-pyrrole nitrogens is 1. The van der Waals surface area contributed by atoms with Gasteiger partial charge in [0.05, 0.1) is 11.4 Å².